The molecule has 0 aliphatic carbocycles. The molecule has 8 N–H and O–H groups in total. The number of nitrogens with zero attached hydrogens (tertiary/aromatic N) is 6. The predicted molar refractivity (Wildman–Crippen MR) is 548 cm³/mol. The average Bonchev–Trinajstić information content (AvgIpc) is 1.66. The molecule has 0 saturated carbocycles. The number of nitrogens with one attached hydrogen (secondary N) is 5. The van der Waals surface area contributed by atoms with Gasteiger partial charge in [0.25, 0.3) is 11.8 Å². The maximum Gasteiger partial charge on any atom is 0.337 e. The number of aromatic carboxylic acids is 1. The standard InChI is InChI=1S/C34H35FN4O5.C28H26FN3O4S.C26H20F2N2O4.C26H23N3O3/c1-22-5-10-29(35)24(16-22)18-26(40)17-23-6-8-27(9-7-23)44-28-11-12-36-31(20-28)30-19-25(21-38-30)33(41)37-13-15-39-14-3-4-32(39)34(42)43-2;1-18-4-9-25(29)20(12-18)14-22(33)13-19-5-7-23(8-6-19)36-24-10-11-30-27(16-24)26-15-21(17-31-26)28(34)32-37(2,3)35;1-15-2-5-22(27)17(8-15)10-19(31)9-16-3-4-20(12-23(16)28)34-21-6-7-29-25(13-21)24-11-18(14-30-24)26(32)33;1-17-3-2-4-19(11-17)13-21(30)12-18-5-7-22(8-6-18)32-23-9-10-28-25(15-23)24-14-20(16-29-24)26(27)31/h5-12,16,19-21,32,38H,3-4,13-15,17-18H2,1-2H3,(H,37,41);4-12,15-17,31H,13-14H2,1-3H3;2-8,11-14,30H,9-10H2,1H3,(H,32,33);2-11,14-16,29H,12-13H2,1H3,(H2,27,31)/t32-;;;/m0.../s1. The molecule has 0 radical (unpaired) electrons. The number of amides is 3. The predicted octanol–water partition coefficient (Wildman–Crippen LogP) is 20.7. The summed E-state index contributed by atoms with van der Waals surface area (Å²) in [6.45, 7) is 9.34. The zero-order valence-corrected chi connectivity index (χ0v) is 82.1. The largest absolute Gasteiger partial charge is 0.478 e. The monoisotopic (exact) mass is 2000 g/mol. The van der Waals surface area contributed by atoms with Crippen LogP contribution in [0.1, 0.15) is 121 Å². The van der Waals surface area contributed by atoms with E-state index in [2.05, 4.69) is 49.6 Å². The molecule has 28 nitrogen and oxygen atoms in total. The highest BCUT2D eigenvalue weighted by atomic mass is 32.2. The topological polar surface area (TPSA) is 405 Å². The molecule has 3 amide bonds. The molecule has 8 aromatic heterocycles. The minimum atomic E-state index is -2.55. The molecule has 8 aromatic carbocycles. The Morgan fingerprint density at radius 2 is 0.769 bits per heavy atom. The Balaban J connectivity index is 0.000000156. The number of methoxy groups -OCH3 is 1. The maximum absolute atomic E-state index is 14.6. The van der Waals surface area contributed by atoms with Crippen LogP contribution in [-0.2, 0) is 89.8 Å². The molecule has 1 aliphatic rings. The molecule has 750 valence electrons. The van der Waals surface area contributed by atoms with Gasteiger partial charge < -0.3 is 59.8 Å². The molecular weight excluding hydrogens is 1900 g/mol. The van der Waals surface area contributed by atoms with E-state index in [0.29, 0.717) is 134 Å². The van der Waals surface area contributed by atoms with Crippen molar-refractivity contribution in [2.24, 2.45) is 10.1 Å². The van der Waals surface area contributed by atoms with Gasteiger partial charge >= 0.3 is 11.9 Å². The van der Waals surface area contributed by atoms with Gasteiger partial charge in [0.15, 0.2) is 0 Å². The third-order valence-electron chi connectivity index (χ3n) is 23.2. The normalized spacial score (nSPS) is 12.1. The van der Waals surface area contributed by atoms with Gasteiger partial charge in [0.2, 0.25) is 5.91 Å². The summed E-state index contributed by atoms with van der Waals surface area (Å²) in [5.74, 6) is -0.592. The number of pyridine rings is 4. The second kappa shape index (κ2) is 49.5. The van der Waals surface area contributed by atoms with E-state index >= 15 is 0 Å². The number of benzene rings is 8. The number of aromatic amines is 4. The Bertz CT molecular complexity index is 7630. The Hall–Kier alpha value is -17.5. The molecule has 1 saturated heterocycles. The Kier molecular flexibility index (Phi) is 35.5. The number of halogens is 4. The molecule has 147 heavy (non-hydrogen) atoms. The number of carboxylic acids is 1. The highest BCUT2D eigenvalue weighted by Gasteiger charge is 2.32. The van der Waals surface area contributed by atoms with E-state index in [0.717, 1.165) is 63.9 Å². The number of likely N-dealkylation sites (tertiary alicyclic amines) is 1. The summed E-state index contributed by atoms with van der Waals surface area (Å²) < 4.78 is 100. The molecule has 1 fully saturated rings. The number of carbonyl (C=O) groups is 9. The van der Waals surface area contributed by atoms with E-state index in [9.17, 15) is 64.9 Å². The van der Waals surface area contributed by atoms with Crippen molar-refractivity contribution >= 4 is 62.5 Å². The number of esters is 1. The van der Waals surface area contributed by atoms with Crippen LogP contribution in [0.15, 0.2) is 297 Å². The van der Waals surface area contributed by atoms with Crippen LogP contribution in [0.4, 0.5) is 17.6 Å². The number of carboxylic acid groups (broad SMARTS) is 1. The number of carbonyl (C=O) groups excluding carboxylic acids is 8. The molecule has 33 heteroatoms. The van der Waals surface area contributed by atoms with Gasteiger partial charge in [-0.15, -0.1) is 0 Å². The van der Waals surface area contributed by atoms with Crippen molar-refractivity contribution in [3.63, 3.8) is 0 Å². The van der Waals surface area contributed by atoms with Gasteiger partial charge in [-0.1, -0.05) is 125 Å². The summed E-state index contributed by atoms with van der Waals surface area (Å²) in [6.07, 6.45) is 17.8. The van der Waals surface area contributed by atoms with Crippen LogP contribution in [0.2, 0.25) is 0 Å². The maximum atomic E-state index is 14.6. The fourth-order valence-corrected chi connectivity index (χ4v) is 16.5. The smallest absolute Gasteiger partial charge is 0.337 e. The van der Waals surface area contributed by atoms with E-state index in [1.54, 1.807) is 171 Å². The summed E-state index contributed by atoms with van der Waals surface area (Å²) in [7, 11) is -1.16. The summed E-state index contributed by atoms with van der Waals surface area (Å²) in [4.78, 5) is 140. The van der Waals surface area contributed by atoms with Gasteiger partial charge in [0.05, 0.1) is 74.9 Å². The molecule has 0 spiro atoms. The number of nitrogens with two attached hydrogens (primary N) is 1. The quantitative estimate of drug-likeness (QED) is 0.0142. The van der Waals surface area contributed by atoms with Crippen LogP contribution in [-0.4, -0.2) is 152 Å². The summed E-state index contributed by atoms with van der Waals surface area (Å²) >= 11 is 0. The van der Waals surface area contributed by atoms with Crippen molar-refractivity contribution in [1.82, 2.24) is 50.1 Å². The van der Waals surface area contributed by atoms with Gasteiger partial charge in [-0.2, -0.15) is 4.36 Å². The number of aryl methyl sites for hydroxylation is 4. The SMILES string of the molecule is COC(=O)[C@@H]1CCCN1CCNC(=O)c1c[nH]c(-c2cc(Oc3ccc(CC(=O)Cc4cc(C)ccc4F)cc3)ccn2)c1.Cc1ccc(F)c(CC(=O)Cc2ccc(Oc3ccnc(-c4cc(C(=O)N=S(C)(C)=O)c[nH]4)c3)cc2)c1.Cc1ccc(F)c(CC(=O)Cc2ccc(Oc3ccnc(-c4cc(C(=O)O)c[nH]4)c3)cc2F)c1.Cc1cccc(CC(=O)Cc2ccc(Oc3ccnc(-c4cc(C(N)=O)c[nH]4)c3)cc2)c1. The van der Waals surface area contributed by atoms with E-state index in [1.165, 1.54) is 80.7 Å². The van der Waals surface area contributed by atoms with Gasteiger partial charge in [-0.25, -0.2) is 26.6 Å². The van der Waals surface area contributed by atoms with Crippen LogP contribution < -0.4 is 30.0 Å². The first-order valence-electron chi connectivity index (χ1n) is 46.7. The molecule has 0 bridgehead atoms. The van der Waals surface area contributed by atoms with Crippen molar-refractivity contribution in [2.75, 3.05) is 39.3 Å². The number of primary amides is 1. The Morgan fingerprint density at radius 3 is 1.17 bits per heavy atom. The van der Waals surface area contributed by atoms with E-state index in [1.807, 2.05) is 93.3 Å². The Labute approximate surface area is 844 Å². The number of hydrogen-bond acceptors (Lipinski definition) is 20. The molecule has 0 unspecified atom stereocenters. The lowest BCUT2D eigenvalue weighted by molar-refractivity contribution is -0.145. The number of rotatable bonds is 36. The summed E-state index contributed by atoms with van der Waals surface area (Å²) in [6, 6.07) is 67.8. The number of ketones is 4. The molecule has 1 aliphatic heterocycles. The molecule has 1 atom stereocenters. The lowest BCUT2D eigenvalue weighted by atomic mass is 10.0. The van der Waals surface area contributed by atoms with E-state index in [-0.39, 0.29) is 119 Å². The fourth-order valence-electron chi connectivity index (χ4n) is 16.0. The van der Waals surface area contributed by atoms with Crippen LogP contribution in [0.25, 0.3) is 45.6 Å². The van der Waals surface area contributed by atoms with E-state index < -0.39 is 39.1 Å². The molecule has 17 rings (SSSR count). The number of Topliss-reactive ketones (excluding diaryl/α,β-unsaturated/α-hetero) is 4. The summed E-state index contributed by atoms with van der Waals surface area (Å²) in [5.41, 5.74) is 19.9. The first-order valence-corrected chi connectivity index (χ1v) is 49.0. The zero-order chi connectivity index (χ0) is 104. The molecular formula is C114H104F4N12O16S. The minimum absolute atomic E-state index is 0.0432. The third kappa shape index (κ3) is 31.0. The van der Waals surface area contributed by atoms with Crippen molar-refractivity contribution in [1.29, 1.82) is 0 Å². The van der Waals surface area contributed by atoms with Crippen LogP contribution in [0, 0.1) is 51.0 Å². The van der Waals surface area contributed by atoms with Crippen LogP contribution in [0.5, 0.6) is 46.0 Å². The second-order valence-electron chi connectivity index (χ2n) is 35.4. The lowest BCUT2D eigenvalue weighted by Crippen LogP contribution is -2.41. The van der Waals surface area contributed by atoms with Crippen LogP contribution >= 0.6 is 0 Å². The lowest BCUT2D eigenvalue weighted by Gasteiger charge is -2.22. The molecule has 16 aromatic rings. The number of aromatic nitrogens is 8. The molecule has 9 heterocycles. The van der Waals surface area contributed by atoms with Crippen molar-refractivity contribution in [3.8, 4) is 91.5 Å². The number of H-pyrrole nitrogens is 4. The number of ether oxygens (including phenoxy) is 5. The average molecular weight is 2010 g/mol. The zero-order valence-electron chi connectivity index (χ0n) is 81.2. The first-order chi connectivity index (χ1) is 70.6. The van der Waals surface area contributed by atoms with Gasteiger partial charge in [-0.3, -0.25) is 63.2 Å². The first kappa shape index (κ1) is 105. The van der Waals surface area contributed by atoms with Crippen molar-refractivity contribution < 1.29 is 93.7 Å². The van der Waals surface area contributed by atoms with Crippen molar-refractivity contribution in [3.05, 3.63) is 405 Å². The van der Waals surface area contributed by atoms with Crippen LogP contribution in [0.3, 0.4) is 0 Å². The Morgan fingerprint density at radius 1 is 0.408 bits per heavy atom. The number of hydrogen-bond donors (Lipinski definition) is 7. The van der Waals surface area contributed by atoms with Gasteiger partial charge in [0, 0.05) is 167 Å². The minimum Gasteiger partial charge on any atom is -0.478 e. The van der Waals surface area contributed by atoms with Gasteiger partial charge in [0.1, 0.15) is 98.4 Å². The van der Waals surface area contributed by atoms with Crippen molar-refractivity contribution in [2.45, 2.75) is 97.9 Å². The highest BCUT2D eigenvalue weighted by molar-refractivity contribution is 7.92. The highest BCUT2D eigenvalue weighted by Crippen LogP contribution is 2.34. The summed E-state index contributed by atoms with van der Waals surface area (Å²) in [5, 5.41) is 12.0. The van der Waals surface area contributed by atoms with Gasteiger partial charge in [-0.05, 0) is 201 Å². The van der Waals surface area contributed by atoms with E-state index in [4.69, 9.17) is 34.5 Å². The fraction of sp³-hybridized carbons (Fsp3) is 0.184. The second-order valence-corrected chi connectivity index (χ2v) is 37.9. The third-order valence-corrected chi connectivity index (χ3v) is 23.8.